The molecule has 0 amide bonds. The molecule has 0 atom stereocenters. The van der Waals surface area contributed by atoms with Crippen molar-refractivity contribution in [3.8, 4) is 0 Å². The number of nitrogens with two attached hydrogens (primary N) is 2. The number of aromatic nitrogens is 3. The van der Waals surface area contributed by atoms with Gasteiger partial charge in [-0.1, -0.05) is 12.1 Å². The molecular weight excluding hydrogens is 204 g/mol. The summed E-state index contributed by atoms with van der Waals surface area (Å²) in [5.41, 5.74) is 12.2. The summed E-state index contributed by atoms with van der Waals surface area (Å²) < 4.78 is 0. The molecule has 6 N–H and O–H groups in total. The molecule has 2 rings (SSSR count). The van der Waals surface area contributed by atoms with Gasteiger partial charge in [0, 0.05) is 26.2 Å². The van der Waals surface area contributed by atoms with Gasteiger partial charge in [-0.05, 0) is 12.1 Å². The van der Waals surface area contributed by atoms with Crippen molar-refractivity contribution < 1.29 is 0 Å². The van der Waals surface area contributed by atoms with Crippen LogP contribution >= 0.6 is 0 Å². The van der Waals surface area contributed by atoms with Crippen molar-refractivity contribution in [2.24, 2.45) is 11.5 Å². The zero-order valence-electron chi connectivity index (χ0n) is 9.19. The molecule has 0 unspecified atom stereocenters. The van der Waals surface area contributed by atoms with Gasteiger partial charge in [0.2, 0.25) is 0 Å². The molecule has 0 aliphatic rings. The van der Waals surface area contributed by atoms with Gasteiger partial charge in [0.15, 0.2) is 0 Å². The number of hydrogen-bond donors (Lipinski definition) is 4. The lowest BCUT2D eigenvalue weighted by Gasteiger charge is -1.95. The van der Waals surface area contributed by atoms with Crippen LogP contribution in [0.15, 0.2) is 24.3 Å². The number of rotatable bonds is 4. The molecule has 6 nitrogen and oxygen atoms in total. The molecule has 0 saturated heterocycles. The lowest BCUT2D eigenvalue weighted by atomic mass is 10.3. The summed E-state index contributed by atoms with van der Waals surface area (Å²) in [5, 5.41) is 13.3. The van der Waals surface area contributed by atoms with Gasteiger partial charge in [-0.25, -0.2) is 0 Å². The monoisotopic (exact) mass is 222 g/mol. The Labute approximate surface area is 94.4 Å². The molecule has 0 spiro atoms. The summed E-state index contributed by atoms with van der Waals surface area (Å²) in [7, 11) is 0. The minimum atomic E-state index is 0.694. The molecule has 16 heavy (non-hydrogen) atoms. The molecule has 0 radical (unpaired) electrons. The van der Waals surface area contributed by atoms with E-state index in [-0.39, 0.29) is 0 Å². The van der Waals surface area contributed by atoms with E-state index in [0.717, 1.165) is 24.1 Å². The molecule has 0 bridgehead atoms. The van der Waals surface area contributed by atoms with Crippen molar-refractivity contribution in [2.45, 2.75) is 0 Å². The number of nitrogens with zero attached hydrogens (tertiary/aromatic N) is 2. The van der Waals surface area contributed by atoms with Gasteiger partial charge in [0.05, 0.1) is 0 Å². The van der Waals surface area contributed by atoms with Gasteiger partial charge in [-0.15, -0.1) is 0 Å². The maximum absolute atomic E-state index is 5.17. The van der Waals surface area contributed by atoms with E-state index in [2.05, 4.69) is 20.7 Å². The number of fused-ring (bicyclic) bond motifs is 1. The van der Waals surface area contributed by atoms with Crippen LogP contribution in [-0.4, -0.2) is 41.6 Å². The quantitative estimate of drug-likeness (QED) is 0.519. The van der Waals surface area contributed by atoms with Crippen LogP contribution in [0.2, 0.25) is 0 Å². The minimum Gasteiger partial charge on any atom is -0.329 e. The van der Waals surface area contributed by atoms with Gasteiger partial charge in [-0.2, -0.15) is 15.4 Å². The first-order chi connectivity index (χ1) is 7.88. The summed E-state index contributed by atoms with van der Waals surface area (Å²) >= 11 is 0. The zero-order chi connectivity index (χ0) is 11.6. The van der Waals surface area contributed by atoms with Crippen LogP contribution in [0.5, 0.6) is 0 Å². The van der Waals surface area contributed by atoms with Gasteiger partial charge in [0.1, 0.15) is 11.0 Å². The smallest absolute Gasteiger partial charge is 0.112 e. The maximum Gasteiger partial charge on any atom is 0.112 e. The third-order valence-corrected chi connectivity index (χ3v) is 1.86. The predicted molar refractivity (Wildman–Crippen MR) is 64.9 cm³/mol. The normalized spacial score (nSPS) is 9.88. The molecule has 6 heteroatoms. The Hall–Kier alpha value is -1.50. The second-order valence-electron chi connectivity index (χ2n) is 3.14. The highest BCUT2D eigenvalue weighted by molar-refractivity contribution is 5.72. The Balaban J connectivity index is 0.000000168. The van der Waals surface area contributed by atoms with Crippen LogP contribution in [0, 0.1) is 0 Å². The number of aromatic amines is 1. The lowest BCUT2D eigenvalue weighted by Crippen LogP contribution is -2.27. The Morgan fingerprint density at radius 3 is 1.94 bits per heavy atom. The zero-order valence-corrected chi connectivity index (χ0v) is 9.19. The molecule has 1 heterocycles. The maximum atomic E-state index is 5.17. The van der Waals surface area contributed by atoms with Crippen molar-refractivity contribution in [1.29, 1.82) is 0 Å². The van der Waals surface area contributed by atoms with Crippen LogP contribution in [0.4, 0.5) is 0 Å². The van der Waals surface area contributed by atoms with Crippen LogP contribution in [-0.2, 0) is 0 Å². The van der Waals surface area contributed by atoms with E-state index >= 15 is 0 Å². The topological polar surface area (TPSA) is 106 Å². The first-order valence-corrected chi connectivity index (χ1v) is 5.25. The summed E-state index contributed by atoms with van der Waals surface area (Å²) in [4.78, 5) is 0. The number of benzene rings is 1. The Kier molecular flexibility index (Phi) is 6.09. The highest BCUT2D eigenvalue weighted by Gasteiger charge is 1.90. The van der Waals surface area contributed by atoms with Crippen LogP contribution in [0.1, 0.15) is 0 Å². The van der Waals surface area contributed by atoms with Crippen molar-refractivity contribution in [3.05, 3.63) is 24.3 Å². The minimum absolute atomic E-state index is 0.694. The highest BCUT2D eigenvalue weighted by Crippen LogP contribution is 2.03. The summed E-state index contributed by atoms with van der Waals surface area (Å²) in [6.45, 7) is 3.13. The Morgan fingerprint density at radius 2 is 1.50 bits per heavy atom. The van der Waals surface area contributed by atoms with Crippen molar-refractivity contribution in [1.82, 2.24) is 20.7 Å². The van der Waals surface area contributed by atoms with Crippen molar-refractivity contribution >= 4 is 11.0 Å². The number of nitrogens with one attached hydrogen (secondary N) is 2. The van der Waals surface area contributed by atoms with E-state index < -0.39 is 0 Å². The molecular formula is C10H18N6. The molecule has 0 aliphatic carbocycles. The van der Waals surface area contributed by atoms with Crippen LogP contribution < -0.4 is 16.8 Å². The van der Waals surface area contributed by atoms with Gasteiger partial charge >= 0.3 is 0 Å². The first kappa shape index (κ1) is 12.6. The fourth-order valence-electron chi connectivity index (χ4n) is 1.12. The van der Waals surface area contributed by atoms with Gasteiger partial charge < -0.3 is 16.8 Å². The molecule has 0 aliphatic heterocycles. The molecule has 1 aromatic carbocycles. The first-order valence-electron chi connectivity index (χ1n) is 5.25. The largest absolute Gasteiger partial charge is 0.329 e. The molecule has 0 saturated carbocycles. The number of para-hydroxylation sites is 2. The van der Waals surface area contributed by atoms with E-state index in [1.165, 1.54) is 0 Å². The highest BCUT2D eigenvalue weighted by atomic mass is 15.3. The summed E-state index contributed by atoms with van der Waals surface area (Å²) in [6, 6.07) is 7.70. The summed E-state index contributed by atoms with van der Waals surface area (Å²) in [5.74, 6) is 0. The summed E-state index contributed by atoms with van der Waals surface area (Å²) in [6.07, 6.45) is 0. The van der Waals surface area contributed by atoms with Crippen molar-refractivity contribution in [2.75, 3.05) is 26.2 Å². The van der Waals surface area contributed by atoms with Crippen molar-refractivity contribution in [3.63, 3.8) is 0 Å². The van der Waals surface area contributed by atoms with E-state index in [1.807, 2.05) is 24.3 Å². The average molecular weight is 222 g/mol. The SMILES string of the molecule is NCCNCCN.c1ccc2n[nH]nc2c1. The molecule has 0 fully saturated rings. The predicted octanol–water partition coefficient (Wildman–Crippen LogP) is -0.549. The third kappa shape index (κ3) is 4.35. The lowest BCUT2D eigenvalue weighted by molar-refractivity contribution is 0.696. The molecule has 1 aromatic heterocycles. The standard InChI is InChI=1S/C6H5N3.C4H13N3/c1-2-4-6-5(3-1)7-9-8-6;5-1-3-7-4-2-6/h1-4H,(H,7,8,9);7H,1-6H2. The van der Waals surface area contributed by atoms with Crippen LogP contribution in [0.3, 0.4) is 0 Å². The van der Waals surface area contributed by atoms with E-state index in [1.54, 1.807) is 0 Å². The van der Waals surface area contributed by atoms with Gasteiger partial charge in [-0.3, -0.25) is 0 Å². The third-order valence-electron chi connectivity index (χ3n) is 1.86. The second kappa shape index (κ2) is 7.75. The fourth-order valence-corrected chi connectivity index (χ4v) is 1.12. The molecule has 2 aromatic rings. The Morgan fingerprint density at radius 1 is 1.00 bits per heavy atom. The van der Waals surface area contributed by atoms with E-state index in [0.29, 0.717) is 13.1 Å². The van der Waals surface area contributed by atoms with Gasteiger partial charge in [0.25, 0.3) is 0 Å². The van der Waals surface area contributed by atoms with E-state index in [4.69, 9.17) is 11.5 Å². The van der Waals surface area contributed by atoms with Crippen LogP contribution in [0.25, 0.3) is 11.0 Å². The molecule has 88 valence electrons. The average Bonchev–Trinajstić information content (AvgIpc) is 2.78. The Bertz CT molecular complexity index is 351. The van der Waals surface area contributed by atoms with E-state index in [9.17, 15) is 0 Å². The number of hydrogen-bond acceptors (Lipinski definition) is 5. The second-order valence-corrected chi connectivity index (χ2v) is 3.14. The number of H-pyrrole nitrogens is 1. The fraction of sp³-hybridized carbons (Fsp3) is 0.400.